The molecule has 0 bridgehead atoms. The van der Waals surface area contributed by atoms with Crippen LogP contribution in [0.3, 0.4) is 0 Å². The smallest absolute Gasteiger partial charge is 0.189 e. The first-order chi connectivity index (χ1) is 10.8. The van der Waals surface area contributed by atoms with E-state index in [0.29, 0.717) is 77.4 Å². The predicted molar refractivity (Wildman–Crippen MR) is 91.1 cm³/mol. The van der Waals surface area contributed by atoms with E-state index in [2.05, 4.69) is 12.6 Å². The average molecular weight is 357 g/mol. The molecule has 0 aliphatic carbocycles. The fourth-order valence-electron chi connectivity index (χ4n) is 1.28. The largest absolute Gasteiger partial charge is 0.382 e. The molecule has 0 aliphatic rings. The molecule has 0 aromatic carbocycles. The van der Waals surface area contributed by atoms with E-state index in [4.69, 9.17) is 23.7 Å². The van der Waals surface area contributed by atoms with Crippen LogP contribution in [0.1, 0.15) is 6.42 Å². The molecule has 0 N–H and O–H groups in total. The van der Waals surface area contributed by atoms with Crippen molar-refractivity contribution in [2.45, 2.75) is 6.42 Å². The van der Waals surface area contributed by atoms with Gasteiger partial charge < -0.3 is 23.7 Å². The van der Waals surface area contributed by atoms with Crippen LogP contribution in [0.4, 0.5) is 0 Å². The zero-order valence-corrected chi connectivity index (χ0v) is 15.0. The Hall–Kier alpha value is 0.170. The second kappa shape index (κ2) is 19.2. The Morgan fingerprint density at radius 3 is 1.73 bits per heavy atom. The molecule has 22 heavy (non-hydrogen) atoms. The van der Waals surface area contributed by atoms with Crippen molar-refractivity contribution in [2.75, 3.05) is 78.1 Å². The van der Waals surface area contributed by atoms with Crippen LogP contribution in [0.2, 0.25) is 0 Å². The summed E-state index contributed by atoms with van der Waals surface area (Å²) in [5.74, 6) is 1.28. The number of carbonyl (C=O) groups excluding carboxylic acids is 1. The van der Waals surface area contributed by atoms with Crippen molar-refractivity contribution in [3.63, 3.8) is 0 Å². The topological polar surface area (TPSA) is 63.2 Å². The van der Waals surface area contributed by atoms with Gasteiger partial charge in [0.2, 0.25) is 0 Å². The number of ether oxygens (including phenoxy) is 5. The lowest BCUT2D eigenvalue weighted by atomic mass is 10.5. The highest BCUT2D eigenvalue weighted by Crippen LogP contribution is 2.05. The molecule has 8 heteroatoms. The van der Waals surface area contributed by atoms with Gasteiger partial charge in [-0.2, -0.15) is 12.6 Å². The lowest BCUT2D eigenvalue weighted by Gasteiger charge is -2.07. The first-order valence-electron chi connectivity index (χ1n) is 7.37. The van der Waals surface area contributed by atoms with Crippen LogP contribution < -0.4 is 0 Å². The van der Waals surface area contributed by atoms with Crippen LogP contribution in [0.15, 0.2) is 0 Å². The van der Waals surface area contributed by atoms with Crippen molar-refractivity contribution in [3.05, 3.63) is 0 Å². The zero-order valence-electron chi connectivity index (χ0n) is 13.3. The van der Waals surface area contributed by atoms with Gasteiger partial charge in [-0.3, -0.25) is 4.79 Å². The molecular formula is C14H28O6S2. The molecule has 0 aromatic heterocycles. The zero-order chi connectivity index (χ0) is 16.3. The van der Waals surface area contributed by atoms with E-state index in [1.165, 1.54) is 11.8 Å². The van der Waals surface area contributed by atoms with Gasteiger partial charge in [-0.1, -0.05) is 11.8 Å². The van der Waals surface area contributed by atoms with Crippen molar-refractivity contribution in [2.24, 2.45) is 0 Å². The van der Waals surface area contributed by atoms with E-state index in [1.807, 2.05) is 0 Å². The van der Waals surface area contributed by atoms with E-state index in [-0.39, 0.29) is 5.12 Å². The third kappa shape index (κ3) is 18.2. The van der Waals surface area contributed by atoms with Gasteiger partial charge in [0.05, 0.1) is 59.5 Å². The van der Waals surface area contributed by atoms with E-state index in [1.54, 1.807) is 7.11 Å². The summed E-state index contributed by atoms with van der Waals surface area (Å²) in [6.07, 6.45) is 0.508. The fourth-order valence-corrected chi connectivity index (χ4v) is 2.31. The summed E-state index contributed by atoms with van der Waals surface area (Å²) in [4.78, 5) is 11.2. The summed E-state index contributed by atoms with van der Waals surface area (Å²) >= 11 is 5.30. The first-order valence-corrected chi connectivity index (χ1v) is 8.99. The molecule has 0 fully saturated rings. The van der Waals surface area contributed by atoms with E-state index in [9.17, 15) is 4.79 Å². The molecule has 0 atom stereocenters. The molecule has 0 rings (SSSR count). The molecule has 0 radical (unpaired) electrons. The van der Waals surface area contributed by atoms with Crippen molar-refractivity contribution < 1.29 is 28.5 Å². The molecular weight excluding hydrogens is 328 g/mol. The van der Waals surface area contributed by atoms with Gasteiger partial charge in [-0.25, -0.2) is 0 Å². The van der Waals surface area contributed by atoms with E-state index < -0.39 is 0 Å². The van der Waals surface area contributed by atoms with Crippen LogP contribution in [0, 0.1) is 0 Å². The molecule has 0 unspecified atom stereocenters. The summed E-state index contributed by atoms with van der Waals surface area (Å²) in [5.41, 5.74) is 0. The average Bonchev–Trinajstić information content (AvgIpc) is 2.51. The minimum absolute atomic E-state index is 0.165. The summed E-state index contributed by atoms with van der Waals surface area (Å²) in [7, 11) is 1.64. The molecule has 0 spiro atoms. The Bertz CT molecular complexity index is 243. The Balaban J connectivity index is 3.01. The molecule has 0 aliphatic heterocycles. The van der Waals surface area contributed by atoms with Crippen LogP contribution in [0.25, 0.3) is 0 Å². The fraction of sp³-hybridized carbons (Fsp3) is 0.929. The molecule has 0 aromatic rings. The van der Waals surface area contributed by atoms with Crippen LogP contribution in [-0.4, -0.2) is 83.2 Å². The maximum Gasteiger partial charge on any atom is 0.189 e. The predicted octanol–water partition coefficient (Wildman–Crippen LogP) is 1.28. The van der Waals surface area contributed by atoms with Gasteiger partial charge in [0.25, 0.3) is 0 Å². The third-order valence-corrected chi connectivity index (χ3v) is 3.47. The molecule has 0 saturated carbocycles. The number of thioether (sulfide) groups is 1. The number of rotatable bonds is 17. The van der Waals surface area contributed by atoms with Crippen molar-refractivity contribution in [3.8, 4) is 0 Å². The Morgan fingerprint density at radius 1 is 0.818 bits per heavy atom. The highest BCUT2D eigenvalue weighted by Gasteiger charge is 2.00. The number of hydrogen-bond donors (Lipinski definition) is 1. The quantitative estimate of drug-likeness (QED) is 0.311. The van der Waals surface area contributed by atoms with Gasteiger partial charge >= 0.3 is 0 Å². The van der Waals surface area contributed by atoms with Crippen LogP contribution >= 0.6 is 24.4 Å². The highest BCUT2D eigenvalue weighted by molar-refractivity contribution is 8.13. The SMILES string of the molecule is COCCOCCOCCOCCOCCSC(=O)CCS. The van der Waals surface area contributed by atoms with Crippen molar-refractivity contribution in [1.29, 1.82) is 0 Å². The second-order valence-corrected chi connectivity index (χ2v) is 5.74. The molecule has 132 valence electrons. The second-order valence-electron chi connectivity index (χ2n) is 4.14. The number of carbonyl (C=O) groups is 1. The molecule has 0 amide bonds. The first kappa shape index (κ1) is 22.2. The molecule has 0 saturated heterocycles. The lowest BCUT2D eigenvalue weighted by molar-refractivity contribution is -0.110. The molecule has 0 heterocycles. The van der Waals surface area contributed by atoms with E-state index in [0.717, 1.165) is 0 Å². The third-order valence-electron chi connectivity index (χ3n) is 2.35. The minimum atomic E-state index is 0.165. The summed E-state index contributed by atoms with van der Waals surface area (Å²) in [6, 6.07) is 0. The highest BCUT2D eigenvalue weighted by atomic mass is 32.2. The Kier molecular flexibility index (Phi) is 19.4. The van der Waals surface area contributed by atoms with Gasteiger partial charge in [0.1, 0.15) is 0 Å². The number of hydrogen-bond acceptors (Lipinski definition) is 8. The minimum Gasteiger partial charge on any atom is -0.382 e. The van der Waals surface area contributed by atoms with E-state index >= 15 is 0 Å². The monoisotopic (exact) mass is 356 g/mol. The van der Waals surface area contributed by atoms with Gasteiger partial charge in [0.15, 0.2) is 5.12 Å². The molecule has 6 nitrogen and oxygen atoms in total. The Labute approximate surface area is 142 Å². The van der Waals surface area contributed by atoms with Crippen molar-refractivity contribution >= 4 is 29.5 Å². The summed E-state index contributed by atoms with van der Waals surface area (Å²) < 4.78 is 26.1. The van der Waals surface area contributed by atoms with Gasteiger partial charge in [0, 0.05) is 19.3 Å². The normalized spacial score (nSPS) is 11.0. The van der Waals surface area contributed by atoms with Gasteiger partial charge in [-0.15, -0.1) is 0 Å². The number of thiol groups is 1. The summed E-state index contributed by atoms with van der Waals surface area (Å²) in [5, 5.41) is 0.165. The number of methoxy groups -OCH3 is 1. The maximum absolute atomic E-state index is 11.2. The summed E-state index contributed by atoms with van der Waals surface area (Å²) in [6.45, 7) is 5.01. The van der Waals surface area contributed by atoms with Gasteiger partial charge in [-0.05, 0) is 5.75 Å². The van der Waals surface area contributed by atoms with Crippen molar-refractivity contribution in [1.82, 2.24) is 0 Å². The van der Waals surface area contributed by atoms with Crippen LogP contribution in [-0.2, 0) is 28.5 Å². The Morgan fingerprint density at radius 2 is 1.27 bits per heavy atom. The standard InChI is InChI=1S/C14H28O6S2/c1-16-3-4-17-5-6-18-7-8-19-9-10-20-11-13-22-14(15)2-12-21/h21H,2-13H2,1H3. The maximum atomic E-state index is 11.2. The lowest BCUT2D eigenvalue weighted by Crippen LogP contribution is -2.13. The van der Waals surface area contributed by atoms with Crippen LogP contribution in [0.5, 0.6) is 0 Å².